The predicted molar refractivity (Wildman–Crippen MR) is 68.0 cm³/mol. The van der Waals surface area contributed by atoms with Gasteiger partial charge in [-0.3, -0.25) is 5.43 Å². The second kappa shape index (κ2) is 5.05. The second-order valence-electron chi connectivity index (χ2n) is 4.76. The molecule has 0 unspecified atom stereocenters. The molecule has 0 atom stereocenters. The van der Waals surface area contributed by atoms with Gasteiger partial charge in [0.2, 0.25) is 0 Å². The van der Waals surface area contributed by atoms with Gasteiger partial charge in [0, 0.05) is 11.3 Å². The van der Waals surface area contributed by atoms with Crippen LogP contribution in [0.2, 0.25) is 0 Å². The molecule has 1 aromatic carbocycles. The first-order chi connectivity index (χ1) is 7.88. The smallest absolute Gasteiger partial charge is 0.333 e. The Bertz CT molecular complexity index is 411. The first kappa shape index (κ1) is 13.3. The van der Waals surface area contributed by atoms with E-state index in [9.17, 15) is 4.79 Å². The highest BCUT2D eigenvalue weighted by atomic mass is 16.5. The van der Waals surface area contributed by atoms with Gasteiger partial charge in [-0.05, 0) is 23.6 Å². The minimum Gasteiger partial charge on any atom is -0.496 e. The topological polar surface area (TPSA) is 76.4 Å². The predicted octanol–water partition coefficient (Wildman–Crippen LogP) is 1.99. The third kappa shape index (κ3) is 3.35. The molecule has 0 bridgehead atoms. The van der Waals surface area contributed by atoms with Gasteiger partial charge in [0.15, 0.2) is 0 Å². The van der Waals surface area contributed by atoms with Crippen molar-refractivity contribution in [3.8, 4) is 5.75 Å². The molecule has 0 aliphatic heterocycles. The number of benzene rings is 1. The van der Waals surface area contributed by atoms with Crippen LogP contribution in [0.25, 0.3) is 0 Å². The van der Waals surface area contributed by atoms with Gasteiger partial charge in [0.05, 0.1) is 7.11 Å². The van der Waals surface area contributed by atoms with Gasteiger partial charge in [-0.25, -0.2) is 10.6 Å². The van der Waals surface area contributed by atoms with Gasteiger partial charge >= 0.3 is 6.03 Å². The molecule has 2 amide bonds. The normalized spacial score (nSPS) is 10.9. The number of urea groups is 1. The number of hydrazine groups is 1. The van der Waals surface area contributed by atoms with Crippen molar-refractivity contribution in [2.45, 2.75) is 26.2 Å². The highest BCUT2D eigenvalue weighted by Gasteiger charge is 2.19. The molecule has 0 radical (unpaired) electrons. The lowest BCUT2D eigenvalue weighted by Gasteiger charge is -2.23. The molecule has 1 aromatic rings. The molecule has 0 aliphatic rings. The molecule has 0 spiro atoms. The van der Waals surface area contributed by atoms with Crippen molar-refractivity contribution in [2.75, 3.05) is 12.4 Å². The van der Waals surface area contributed by atoms with E-state index in [-0.39, 0.29) is 5.41 Å². The van der Waals surface area contributed by atoms with Gasteiger partial charge in [-0.2, -0.15) is 0 Å². The monoisotopic (exact) mass is 237 g/mol. The number of rotatable bonds is 2. The van der Waals surface area contributed by atoms with Gasteiger partial charge in [-0.15, -0.1) is 0 Å². The van der Waals surface area contributed by atoms with E-state index in [1.807, 2.05) is 17.6 Å². The molecule has 0 saturated carbocycles. The number of nitrogens with one attached hydrogen (secondary N) is 2. The Balaban J connectivity index is 3.09. The number of ether oxygens (including phenoxy) is 1. The Labute approximate surface area is 101 Å². The number of hydrogen-bond acceptors (Lipinski definition) is 3. The van der Waals surface area contributed by atoms with E-state index >= 15 is 0 Å². The highest BCUT2D eigenvalue weighted by molar-refractivity contribution is 5.89. The third-order valence-corrected chi connectivity index (χ3v) is 2.40. The van der Waals surface area contributed by atoms with E-state index in [0.29, 0.717) is 5.69 Å². The van der Waals surface area contributed by atoms with Crippen LogP contribution in [0, 0.1) is 0 Å². The summed E-state index contributed by atoms with van der Waals surface area (Å²) < 4.78 is 5.31. The maximum absolute atomic E-state index is 11.1. The average Bonchev–Trinajstić information content (AvgIpc) is 2.27. The SMILES string of the molecule is COc1ccc(NC(=O)NN)cc1C(C)(C)C. The molecular weight excluding hydrogens is 218 g/mol. The largest absolute Gasteiger partial charge is 0.496 e. The first-order valence-electron chi connectivity index (χ1n) is 5.34. The zero-order valence-electron chi connectivity index (χ0n) is 10.6. The Morgan fingerprint density at radius 1 is 1.35 bits per heavy atom. The summed E-state index contributed by atoms with van der Waals surface area (Å²) in [5.41, 5.74) is 3.65. The average molecular weight is 237 g/mol. The number of hydrogen-bond donors (Lipinski definition) is 3. The zero-order chi connectivity index (χ0) is 13.1. The van der Waals surface area contributed by atoms with Crippen LogP contribution in [-0.4, -0.2) is 13.1 Å². The lowest BCUT2D eigenvalue weighted by Crippen LogP contribution is -2.34. The molecule has 4 N–H and O–H groups in total. The molecule has 0 saturated heterocycles. The van der Waals surface area contributed by atoms with Crippen LogP contribution in [0.5, 0.6) is 5.75 Å². The van der Waals surface area contributed by atoms with E-state index in [1.54, 1.807) is 13.2 Å². The number of nitrogens with two attached hydrogens (primary N) is 1. The summed E-state index contributed by atoms with van der Waals surface area (Å²) in [6, 6.07) is 5.03. The minimum atomic E-state index is -0.449. The van der Waals surface area contributed by atoms with Crippen molar-refractivity contribution in [1.82, 2.24) is 5.43 Å². The molecule has 5 heteroatoms. The maximum Gasteiger partial charge on any atom is 0.333 e. The lowest BCUT2D eigenvalue weighted by molar-refractivity contribution is 0.252. The van der Waals surface area contributed by atoms with Gasteiger partial charge in [0.1, 0.15) is 5.75 Å². The van der Waals surface area contributed by atoms with E-state index in [4.69, 9.17) is 10.6 Å². The molecule has 0 aromatic heterocycles. The summed E-state index contributed by atoms with van der Waals surface area (Å²) in [6.45, 7) is 6.24. The number of anilines is 1. The van der Waals surface area contributed by atoms with Crippen LogP contribution < -0.4 is 21.3 Å². The van der Waals surface area contributed by atoms with E-state index in [2.05, 4.69) is 26.1 Å². The Kier molecular flexibility index (Phi) is 3.96. The second-order valence-corrected chi connectivity index (χ2v) is 4.76. The van der Waals surface area contributed by atoms with Crippen LogP contribution in [-0.2, 0) is 5.41 Å². The van der Waals surface area contributed by atoms with Crippen molar-refractivity contribution >= 4 is 11.7 Å². The van der Waals surface area contributed by atoms with Gasteiger partial charge in [0.25, 0.3) is 0 Å². The lowest BCUT2D eigenvalue weighted by atomic mass is 9.86. The fourth-order valence-electron chi connectivity index (χ4n) is 1.54. The number of methoxy groups -OCH3 is 1. The summed E-state index contributed by atoms with van der Waals surface area (Å²) in [5.74, 6) is 5.82. The molecular formula is C12H19N3O2. The molecule has 0 fully saturated rings. The zero-order valence-corrected chi connectivity index (χ0v) is 10.6. The molecule has 5 nitrogen and oxygen atoms in total. The van der Waals surface area contributed by atoms with Crippen LogP contribution in [0.4, 0.5) is 10.5 Å². The minimum absolute atomic E-state index is 0.0672. The number of carbonyl (C=O) groups is 1. The van der Waals surface area contributed by atoms with Crippen LogP contribution in [0.1, 0.15) is 26.3 Å². The van der Waals surface area contributed by atoms with Crippen molar-refractivity contribution < 1.29 is 9.53 Å². The highest BCUT2D eigenvalue weighted by Crippen LogP contribution is 2.33. The van der Waals surface area contributed by atoms with Crippen molar-refractivity contribution in [3.63, 3.8) is 0 Å². The standard InChI is InChI=1S/C12H19N3O2/c1-12(2,3)9-7-8(14-11(16)15-13)5-6-10(9)17-4/h5-7H,13H2,1-4H3,(H2,14,15,16). The molecule has 94 valence electrons. The summed E-state index contributed by atoms with van der Waals surface area (Å²) in [5, 5.41) is 2.62. The Morgan fingerprint density at radius 3 is 2.47 bits per heavy atom. The van der Waals surface area contributed by atoms with E-state index in [1.165, 1.54) is 0 Å². The van der Waals surface area contributed by atoms with E-state index < -0.39 is 6.03 Å². The Morgan fingerprint density at radius 2 is 2.00 bits per heavy atom. The van der Waals surface area contributed by atoms with Crippen LogP contribution in [0.15, 0.2) is 18.2 Å². The summed E-state index contributed by atoms with van der Waals surface area (Å²) in [6.07, 6.45) is 0. The first-order valence-corrected chi connectivity index (χ1v) is 5.34. The Hall–Kier alpha value is -1.75. The third-order valence-electron chi connectivity index (χ3n) is 2.40. The van der Waals surface area contributed by atoms with Crippen molar-refractivity contribution in [2.24, 2.45) is 5.84 Å². The number of carbonyl (C=O) groups excluding carboxylic acids is 1. The summed E-state index contributed by atoms with van der Waals surface area (Å²) in [4.78, 5) is 11.1. The van der Waals surface area contributed by atoms with Crippen LogP contribution >= 0.6 is 0 Å². The number of amides is 2. The molecule has 0 aliphatic carbocycles. The van der Waals surface area contributed by atoms with Gasteiger partial charge < -0.3 is 10.1 Å². The molecule has 1 rings (SSSR count). The van der Waals surface area contributed by atoms with E-state index in [0.717, 1.165) is 11.3 Å². The summed E-state index contributed by atoms with van der Waals surface area (Å²) in [7, 11) is 1.63. The van der Waals surface area contributed by atoms with Gasteiger partial charge in [-0.1, -0.05) is 20.8 Å². The molecule has 0 heterocycles. The van der Waals surface area contributed by atoms with Crippen LogP contribution in [0.3, 0.4) is 0 Å². The van der Waals surface area contributed by atoms with Crippen molar-refractivity contribution in [1.29, 1.82) is 0 Å². The molecule has 17 heavy (non-hydrogen) atoms. The maximum atomic E-state index is 11.1. The fourth-order valence-corrected chi connectivity index (χ4v) is 1.54. The fraction of sp³-hybridized carbons (Fsp3) is 0.417. The quantitative estimate of drug-likeness (QED) is 0.418. The summed E-state index contributed by atoms with van der Waals surface area (Å²) >= 11 is 0. The van der Waals surface area contributed by atoms with Crippen molar-refractivity contribution in [3.05, 3.63) is 23.8 Å².